The molecule has 1 aromatic carbocycles. The summed E-state index contributed by atoms with van der Waals surface area (Å²) < 4.78 is 0. The monoisotopic (exact) mass is 574 g/mol. The van der Waals surface area contributed by atoms with E-state index in [1.807, 2.05) is 51.1 Å². The van der Waals surface area contributed by atoms with Gasteiger partial charge in [-0.1, -0.05) is 58.2 Å². The molecular weight excluding hydrogens is 524 g/mol. The van der Waals surface area contributed by atoms with Crippen LogP contribution in [0.15, 0.2) is 35.2 Å². The molecule has 8 nitrogen and oxygen atoms in total. The number of rotatable bonds is 11. The van der Waals surface area contributed by atoms with E-state index in [2.05, 4.69) is 15.5 Å². The van der Waals surface area contributed by atoms with Crippen LogP contribution in [0.4, 0.5) is 0 Å². The molecule has 224 valence electrons. The van der Waals surface area contributed by atoms with Crippen LogP contribution in [0.25, 0.3) is 0 Å². The summed E-state index contributed by atoms with van der Waals surface area (Å²) in [6, 6.07) is 8.94. The lowest BCUT2D eigenvalue weighted by Crippen LogP contribution is -2.60. The van der Waals surface area contributed by atoms with Crippen LogP contribution in [0.1, 0.15) is 73.6 Å². The van der Waals surface area contributed by atoms with Gasteiger partial charge in [-0.15, -0.1) is 11.8 Å². The molecule has 5 N–H and O–H groups in total. The Balaban J connectivity index is 1.80. The van der Waals surface area contributed by atoms with Gasteiger partial charge in [-0.2, -0.15) is 0 Å². The molecule has 9 heteroatoms. The molecule has 0 unspecified atom stereocenters. The van der Waals surface area contributed by atoms with Crippen molar-refractivity contribution in [2.24, 2.45) is 28.9 Å². The van der Waals surface area contributed by atoms with Crippen molar-refractivity contribution in [3.8, 4) is 0 Å². The molecule has 0 spiro atoms. The number of hydrogen-bond acceptors (Lipinski definition) is 6. The summed E-state index contributed by atoms with van der Waals surface area (Å²) in [7, 11) is 0. The SMILES string of the molecule is C[C@@H](C(=O)N[C@@H](CSc1ccccc1)[C@H](O)CN1C[C@H]2CCCC[C@H]2C[C@H]1C(=O)NC(C)(C)C)C(C)(C)C(N)=O. The lowest BCUT2D eigenvalue weighted by molar-refractivity contribution is -0.138. The van der Waals surface area contributed by atoms with E-state index in [1.54, 1.807) is 32.5 Å². The first-order valence-electron chi connectivity index (χ1n) is 14.7. The van der Waals surface area contributed by atoms with E-state index in [9.17, 15) is 19.5 Å². The first-order chi connectivity index (χ1) is 18.7. The largest absolute Gasteiger partial charge is 0.390 e. The Labute approximate surface area is 244 Å². The van der Waals surface area contributed by atoms with E-state index in [-0.39, 0.29) is 29.9 Å². The second kappa shape index (κ2) is 13.7. The lowest BCUT2D eigenvalue weighted by atomic mass is 9.72. The summed E-state index contributed by atoms with van der Waals surface area (Å²) in [5.41, 5.74) is 4.20. The summed E-state index contributed by atoms with van der Waals surface area (Å²) in [4.78, 5) is 42.0. The third-order valence-corrected chi connectivity index (χ3v) is 9.93. The number of likely N-dealkylation sites (tertiary alicyclic amines) is 1. The van der Waals surface area contributed by atoms with Gasteiger partial charge in [0.15, 0.2) is 0 Å². The minimum absolute atomic E-state index is 0.000186. The first kappa shape index (κ1) is 32.4. The maximum absolute atomic E-state index is 13.4. The number of aliphatic hydroxyl groups is 1. The molecule has 1 saturated heterocycles. The number of piperidine rings is 1. The average Bonchev–Trinajstić information content (AvgIpc) is 2.89. The number of carbonyl (C=O) groups excluding carboxylic acids is 3. The molecular formula is C31H50N4O4S. The molecule has 3 rings (SSSR count). The van der Waals surface area contributed by atoms with Crippen molar-refractivity contribution in [2.75, 3.05) is 18.8 Å². The molecule has 6 atom stereocenters. The Morgan fingerprint density at radius 2 is 1.70 bits per heavy atom. The van der Waals surface area contributed by atoms with Crippen LogP contribution >= 0.6 is 11.8 Å². The van der Waals surface area contributed by atoms with Crippen molar-refractivity contribution in [3.63, 3.8) is 0 Å². The van der Waals surface area contributed by atoms with Gasteiger partial charge < -0.3 is 21.5 Å². The molecule has 1 heterocycles. The number of β-amino-alcohol motifs (C(OH)–C–C–N with tert-alkyl or cyclic N) is 1. The fourth-order valence-electron chi connectivity index (χ4n) is 5.79. The molecule has 2 aliphatic rings. The fraction of sp³-hybridized carbons (Fsp3) is 0.710. The maximum atomic E-state index is 13.4. The minimum Gasteiger partial charge on any atom is -0.390 e. The molecule has 2 fully saturated rings. The normalized spacial score (nSPS) is 24.3. The molecule has 0 radical (unpaired) electrons. The topological polar surface area (TPSA) is 125 Å². The number of aliphatic hydroxyl groups excluding tert-OH is 1. The Kier molecular flexibility index (Phi) is 11.1. The van der Waals surface area contributed by atoms with Crippen LogP contribution in [0.5, 0.6) is 0 Å². The van der Waals surface area contributed by atoms with Crippen LogP contribution in [-0.4, -0.2) is 70.3 Å². The van der Waals surface area contributed by atoms with Crippen molar-refractivity contribution in [1.82, 2.24) is 15.5 Å². The van der Waals surface area contributed by atoms with Gasteiger partial charge in [0, 0.05) is 35.2 Å². The standard InChI is InChI=1S/C31H50N4O4S/c1-20(31(5,6)29(32)39)27(37)33-24(19-40-23-14-8-7-9-15-23)26(36)18-35-17-22-13-11-10-12-21(22)16-25(35)28(38)34-30(2,3)4/h7-9,14-15,20-22,24-26,36H,10-13,16-19H2,1-6H3,(H2,32,39)(H,33,37)(H,34,38)/t20-,21-,22+,24-,25-,26+/m0/s1. The summed E-state index contributed by atoms with van der Waals surface area (Å²) >= 11 is 1.56. The highest BCUT2D eigenvalue weighted by Gasteiger charge is 2.42. The maximum Gasteiger partial charge on any atom is 0.237 e. The van der Waals surface area contributed by atoms with E-state index < -0.39 is 29.4 Å². The number of carbonyl (C=O) groups is 3. The second-order valence-electron chi connectivity index (χ2n) is 13.4. The predicted octanol–water partition coefficient (Wildman–Crippen LogP) is 3.57. The number of amides is 3. The van der Waals surface area contributed by atoms with Gasteiger partial charge in [0.1, 0.15) is 0 Å². The molecule has 0 aromatic heterocycles. The van der Waals surface area contributed by atoms with Gasteiger partial charge in [-0.25, -0.2) is 0 Å². The van der Waals surface area contributed by atoms with E-state index >= 15 is 0 Å². The highest BCUT2D eigenvalue weighted by molar-refractivity contribution is 7.99. The van der Waals surface area contributed by atoms with E-state index in [1.165, 1.54) is 12.8 Å². The Bertz CT molecular complexity index is 1010. The number of nitrogens with one attached hydrogen (secondary N) is 2. The first-order valence-corrected chi connectivity index (χ1v) is 15.7. The summed E-state index contributed by atoms with van der Waals surface area (Å²) in [5.74, 6) is -0.0611. The van der Waals surface area contributed by atoms with Crippen molar-refractivity contribution in [3.05, 3.63) is 30.3 Å². The van der Waals surface area contributed by atoms with Crippen LogP contribution < -0.4 is 16.4 Å². The lowest BCUT2D eigenvalue weighted by Gasteiger charge is -2.47. The van der Waals surface area contributed by atoms with Gasteiger partial charge >= 0.3 is 0 Å². The average molecular weight is 575 g/mol. The number of hydrogen-bond donors (Lipinski definition) is 4. The predicted molar refractivity (Wildman–Crippen MR) is 161 cm³/mol. The van der Waals surface area contributed by atoms with Crippen LogP contribution in [0.2, 0.25) is 0 Å². The zero-order chi connectivity index (χ0) is 29.7. The van der Waals surface area contributed by atoms with Crippen molar-refractivity contribution in [2.45, 2.75) is 102 Å². The number of primary amides is 1. The Morgan fingerprint density at radius 1 is 1.07 bits per heavy atom. The second-order valence-corrected chi connectivity index (χ2v) is 14.5. The van der Waals surface area contributed by atoms with Gasteiger partial charge in [0.25, 0.3) is 0 Å². The van der Waals surface area contributed by atoms with E-state index in [0.29, 0.717) is 17.6 Å². The van der Waals surface area contributed by atoms with Crippen molar-refractivity contribution >= 4 is 29.5 Å². The molecule has 3 amide bonds. The molecule has 0 bridgehead atoms. The highest BCUT2D eigenvalue weighted by atomic mass is 32.2. The summed E-state index contributed by atoms with van der Waals surface area (Å²) in [6.45, 7) is 12.0. The minimum atomic E-state index is -1.04. The summed E-state index contributed by atoms with van der Waals surface area (Å²) in [5, 5.41) is 17.8. The quantitative estimate of drug-likeness (QED) is 0.300. The molecule has 1 aromatic rings. The number of nitrogens with zero attached hydrogens (tertiary/aromatic N) is 1. The molecule has 1 aliphatic heterocycles. The Morgan fingerprint density at radius 3 is 2.30 bits per heavy atom. The Hall–Kier alpha value is -2.10. The van der Waals surface area contributed by atoms with Gasteiger partial charge in [0.2, 0.25) is 17.7 Å². The van der Waals surface area contributed by atoms with E-state index in [0.717, 1.165) is 30.7 Å². The van der Waals surface area contributed by atoms with Crippen molar-refractivity contribution < 1.29 is 19.5 Å². The number of thioether (sulfide) groups is 1. The zero-order valence-corrected chi connectivity index (χ0v) is 25.9. The highest BCUT2D eigenvalue weighted by Crippen LogP contribution is 2.39. The number of fused-ring (bicyclic) bond motifs is 1. The third kappa shape index (κ3) is 8.70. The smallest absolute Gasteiger partial charge is 0.237 e. The van der Waals surface area contributed by atoms with Crippen LogP contribution in [-0.2, 0) is 14.4 Å². The number of benzene rings is 1. The van der Waals surface area contributed by atoms with Crippen LogP contribution in [0, 0.1) is 23.2 Å². The van der Waals surface area contributed by atoms with Gasteiger partial charge in [0.05, 0.1) is 23.6 Å². The zero-order valence-electron chi connectivity index (χ0n) is 25.1. The van der Waals surface area contributed by atoms with Gasteiger partial charge in [-0.05, 0) is 57.6 Å². The van der Waals surface area contributed by atoms with Crippen molar-refractivity contribution in [1.29, 1.82) is 0 Å². The molecule has 1 saturated carbocycles. The van der Waals surface area contributed by atoms with Gasteiger partial charge in [-0.3, -0.25) is 19.3 Å². The third-order valence-electron chi connectivity index (χ3n) is 8.80. The number of nitrogens with two attached hydrogens (primary N) is 1. The van der Waals surface area contributed by atoms with Crippen LogP contribution in [0.3, 0.4) is 0 Å². The fourth-order valence-corrected chi connectivity index (χ4v) is 6.82. The molecule has 40 heavy (non-hydrogen) atoms. The van der Waals surface area contributed by atoms with E-state index in [4.69, 9.17) is 5.73 Å². The summed E-state index contributed by atoms with van der Waals surface area (Å²) in [6.07, 6.45) is 4.60. The molecule has 1 aliphatic carbocycles.